The van der Waals surface area contributed by atoms with Crippen molar-refractivity contribution in [3.8, 4) is 0 Å². The number of rotatable bonds is 6. The minimum atomic E-state index is -0.294. The zero-order chi connectivity index (χ0) is 16.9. The van der Waals surface area contributed by atoms with Crippen molar-refractivity contribution in [1.29, 1.82) is 0 Å². The smallest absolute Gasteiger partial charge is 0.251 e. The Balaban J connectivity index is 1.60. The number of nitrogens with zero attached hydrogens (tertiary/aromatic N) is 2. The predicted octanol–water partition coefficient (Wildman–Crippen LogP) is 2.06. The third kappa shape index (κ3) is 3.48. The van der Waals surface area contributed by atoms with Gasteiger partial charge in [0, 0.05) is 12.0 Å². The number of Topliss-reactive ketones (excluding diaryl/α,β-unsaturated/α-hetero) is 1. The van der Waals surface area contributed by atoms with Crippen LogP contribution in [0.2, 0.25) is 0 Å². The minimum Gasteiger partial charge on any atom is -0.345 e. The molecule has 2 N–H and O–H groups in total. The first-order valence-corrected chi connectivity index (χ1v) is 7.84. The van der Waals surface area contributed by atoms with Crippen molar-refractivity contribution >= 4 is 22.7 Å². The lowest BCUT2D eigenvalue weighted by atomic mass is 10.0. The molecule has 1 aromatic heterocycles. The molecule has 0 fully saturated rings. The lowest BCUT2D eigenvalue weighted by Gasteiger charge is -2.08. The summed E-state index contributed by atoms with van der Waals surface area (Å²) < 4.78 is 0. The van der Waals surface area contributed by atoms with Gasteiger partial charge in [0.2, 0.25) is 0 Å². The molecule has 122 valence electrons. The van der Waals surface area contributed by atoms with E-state index in [1.54, 1.807) is 18.2 Å². The summed E-state index contributed by atoms with van der Waals surface area (Å²) >= 11 is 0. The summed E-state index contributed by atoms with van der Waals surface area (Å²) in [6.45, 7) is 2.07. The van der Waals surface area contributed by atoms with Gasteiger partial charge in [-0.25, -0.2) is 0 Å². The van der Waals surface area contributed by atoms with Crippen LogP contribution in [0.3, 0.4) is 0 Å². The van der Waals surface area contributed by atoms with Crippen molar-refractivity contribution in [2.75, 3.05) is 6.54 Å². The SMILES string of the molecule is CCc1ccccc1CC(=O)CNC(=O)c1ccc2n[nH]nc2c1. The predicted molar refractivity (Wildman–Crippen MR) is 90.8 cm³/mol. The highest BCUT2D eigenvalue weighted by Crippen LogP contribution is 2.11. The van der Waals surface area contributed by atoms with E-state index in [1.807, 2.05) is 24.3 Å². The van der Waals surface area contributed by atoms with E-state index in [0.717, 1.165) is 17.5 Å². The Kier molecular flexibility index (Phi) is 4.65. The maximum Gasteiger partial charge on any atom is 0.251 e. The van der Waals surface area contributed by atoms with Crippen LogP contribution >= 0.6 is 0 Å². The van der Waals surface area contributed by atoms with E-state index in [-0.39, 0.29) is 18.2 Å². The number of fused-ring (bicyclic) bond motifs is 1. The van der Waals surface area contributed by atoms with Gasteiger partial charge in [-0.15, -0.1) is 0 Å². The molecule has 3 rings (SSSR count). The van der Waals surface area contributed by atoms with E-state index in [4.69, 9.17) is 0 Å². The fourth-order valence-corrected chi connectivity index (χ4v) is 2.61. The van der Waals surface area contributed by atoms with Gasteiger partial charge in [0.15, 0.2) is 5.78 Å². The zero-order valence-corrected chi connectivity index (χ0v) is 13.4. The summed E-state index contributed by atoms with van der Waals surface area (Å²) in [4.78, 5) is 24.3. The maximum absolute atomic E-state index is 12.2. The molecule has 0 saturated carbocycles. The second-order valence-corrected chi connectivity index (χ2v) is 5.55. The van der Waals surface area contributed by atoms with Gasteiger partial charge in [0.25, 0.3) is 5.91 Å². The summed E-state index contributed by atoms with van der Waals surface area (Å²) in [5.74, 6) is -0.316. The average Bonchev–Trinajstić information content (AvgIpc) is 3.07. The largest absolute Gasteiger partial charge is 0.345 e. The van der Waals surface area contributed by atoms with Crippen LogP contribution < -0.4 is 5.32 Å². The first-order chi connectivity index (χ1) is 11.7. The fourth-order valence-electron chi connectivity index (χ4n) is 2.61. The van der Waals surface area contributed by atoms with Crippen LogP contribution in [0.4, 0.5) is 0 Å². The molecule has 0 bridgehead atoms. The molecule has 6 nitrogen and oxygen atoms in total. The van der Waals surface area contributed by atoms with Crippen LogP contribution in [0, 0.1) is 0 Å². The Morgan fingerprint density at radius 2 is 1.79 bits per heavy atom. The standard InChI is InChI=1S/C18H18N4O2/c1-2-12-5-3-4-6-13(12)9-15(23)11-19-18(24)14-7-8-16-17(10-14)21-22-20-16/h3-8,10H,2,9,11H2,1H3,(H,19,24)(H,20,21,22). The maximum atomic E-state index is 12.2. The normalized spacial score (nSPS) is 10.7. The van der Waals surface area contributed by atoms with Crippen LogP contribution in [0.5, 0.6) is 0 Å². The summed E-state index contributed by atoms with van der Waals surface area (Å²) in [5, 5.41) is 13.1. The number of hydrogen-bond donors (Lipinski definition) is 2. The molecule has 0 saturated heterocycles. The first kappa shape index (κ1) is 15.9. The molecule has 0 aliphatic carbocycles. The Bertz CT molecular complexity index is 885. The van der Waals surface area contributed by atoms with Gasteiger partial charge >= 0.3 is 0 Å². The van der Waals surface area contributed by atoms with E-state index in [0.29, 0.717) is 23.0 Å². The Morgan fingerprint density at radius 3 is 2.58 bits per heavy atom. The molecule has 24 heavy (non-hydrogen) atoms. The number of hydrogen-bond acceptors (Lipinski definition) is 4. The lowest BCUT2D eigenvalue weighted by molar-refractivity contribution is -0.117. The van der Waals surface area contributed by atoms with Crippen molar-refractivity contribution < 1.29 is 9.59 Å². The molecule has 0 aliphatic heterocycles. The van der Waals surface area contributed by atoms with Crippen molar-refractivity contribution in [1.82, 2.24) is 20.7 Å². The number of aromatic nitrogens is 3. The van der Waals surface area contributed by atoms with Crippen LogP contribution in [-0.4, -0.2) is 33.6 Å². The average molecular weight is 322 g/mol. The number of H-pyrrole nitrogens is 1. The monoisotopic (exact) mass is 322 g/mol. The van der Waals surface area contributed by atoms with Gasteiger partial charge in [-0.05, 0) is 35.7 Å². The van der Waals surface area contributed by atoms with E-state index < -0.39 is 0 Å². The summed E-state index contributed by atoms with van der Waals surface area (Å²) in [6, 6.07) is 12.9. The molecular weight excluding hydrogens is 304 g/mol. The molecule has 0 unspecified atom stereocenters. The van der Waals surface area contributed by atoms with Crippen molar-refractivity contribution in [2.24, 2.45) is 0 Å². The number of carbonyl (C=O) groups excluding carboxylic acids is 2. The number of carbonyl (C=O) groups is 2. The van der Waals surface area contributed by atoms with E-state index in [9.17, 15) is 9.59 Å². The zero-order valence-electron chi connectivity index (χ0n) is 13.4. The molecule has 1 amide bonds. The summed E-state index contributed by atoms with van der Waals surface area (Å²) in [5.41, 5.74) is 3.94. The van der Waals surface area contributed by atoms with Crippen LogP contribution in [0.1, 0.15) is 28.4 Å². The molecule has 0 aliphatic rings. The Morgan fingerprint density at radius 1 is 1.04 bits per heavy atom. The molecule has 2 aromatic carbocycles. The number of nitrogens with one attached hydrogen (secondary N) is 2. The van der Waals surface area contributed by atoms with Crippen LogP contribution in [0.25, 0.3) is 11.0 Å². The van der Waals surface area contributed by atoms with Crippen molar-refractivity contribution in [3.63, 3.8) is 0 Å². The number of aromatic amines is 1. The third-order valence-electron chi connectivity index (χ3n) is 3.91. The van der Waals surface area contributed by atoms with E-state index >= 15 is 0 Å². The molecule has 0 spiro atoms. The van der Waals surface area contributed by atoms with Crippen molar-refractivity contribution in [2.45, 2.75) is 19.8 Å². The fraction of sp³-hybridized carbons (Fsp3) is 0.222. The van der Waals surface area contributed by atoms with Gasteiger partial charge in [-0.3, -0.25) is 9.59 Å². The van der Waals surface area contributed by atoms with Crippen LogP contribution in [0.15, 0.2) is 42.5 Å². The highest BCUT2D eigenvalue weighted by Gasteiger charge is 2.11. The van der Waals surface area contributed by atoms with E-state index in [1.165, 1.54) is 0 Å². The van der Waals surface area contributed by atoms with E-state index in [2.05, 4.69) is 27.7 Å². The second kappa shape index (κ2) is 7.04. The van der Waals surface area contributed by atoms with Gasteiger partial charge in [-0.1, -0.05) is 31.2 Å². The number of amides is 1. The molecule has 3 aromatic rings. The number of ketones is 1. The second-order valence-electron chi connectivity index (χ2n) is 5.55. The van der Waals surface area contributed by atoms with Gasteiger partial charge in [-0.2, -0.15) is 15.4 Å². The number of aryl methyl sites for hydroxylation is 1. The first-order valence-electron chi connectivity index (χ1n) is 7.84. The summed E-state index contributed by atoms with van der Waals surface area (Å²) in [7, 11) is 0. The lowest BCUT2D eigenvalue weighted by Crippen LogP contribution is -2.30. The third-order valence-corrected chi connectivity index (χ3v) is 3.91. The van der Waals surface area contributed by atoms with Gasteiger partial charge < -0.3 is 5.32 Å². The molecule has 6 heteroatoms. The molecule has 1 heterocycles. The van der Waals surface area contributed by atoms with Gasteiger partial charge in [0.1, 0.15) is 11.0 Å². The van der Waals surface area contributed by atoms with Crippen molar-refractivity contribution in [3.05, 3.63) is 59.2 Å². The van der Waals surface area contributed by atoms with Gasteiger partial charge in [0.05, 0.1) is 6.54 Å². The molecule has 0 radical (unpaired) electrons. The number of benzene rings is 2. The Labute approximate surface area is 139 Å². The van der Waals surface area contributed by atoms with Crippen LogP contribution in [-0.2, 0) is 17.6 Å². The molecule has 0 atom stereocenters. The Hall–Kier alpha value is -3.02. The highest BCUT2D eigenvalue weighted by atomic mass is 16.2. The minimum absolute atomic E-state index is 0.00767. The topological polar surface area (TPSA) is 87.7 Å². The summed E-state index contributed by atoms with van der Waals surface area (Å²) in [6.07, 6.45) is 1.21. The molecular formula is C18H18N4O2. The highest BCUT2D eigenvalue weighted by molar-refractivity contribution is 5.99. The quantitative estimate of drug-likeness (QED) is 0.727.